The molecule has 1 amide bonds. The van der Waals surface area contributed by atoms with E-state index in [1.807, 2.05) is 12.1 Å². The molecular weight excluding hydrogens is 300 g/mol. The van der Waals surface area contributed by atoms with E-state index in [1.165, 1.54) is 5.56 Å². The largest absolute Gasteiger partial charge is 0.496 e. The highest BCUT2D eigenvalue weighted by atomic mass is 16.5. The number of hydrogen-bond acceptors (Lipinski definition) is 3. The Labute approximate surface area is 145 Å². The highest BCUT2D eigenvalue weighted by Gasteiger charge is 2.39. The van der Waals surface area contributed by atoms with Crippen molar-refractivity contribution in [3.8, 4) is 5.75 Å². The first kappa shape index (κ1) is 17.3. The van der Waals surface area contributed by atoms with E-state index in [2.05, 4.69) is 35.8 Å². The number of piperidine rings is 2. The van der Waals surface area contributed by atoms with Crippen LogP contribution in [0.1, 0.15) is 38.7 Å². The summed E-state index contributed by atoms with van der Waals surface area (Å²) in [7, 11) is 1.74. The normalized spacial score (nSPS) is 25.0. The van der Waals surface area contributed by atoms with E-state index in [9.17, 15) is 4.79 Å². The number of methoxy groups -OCH3 is 1. The van der Waals surface area contributed by atoms with Gasteiger partial charge in [-0.1, -0.05) is 32.0 Å². The fourth-order valence-corrected chi connectivity index (χ4v) is 4.28. The van der Waals surface area contributed by atoms with Crippen molar-refractivity contribution in [1.82, 2.24) is 9.80 Å². The minimum absolute atomic E-state index is 0.364. The lowest BCUT2D eigenvalue weighted by Crippen LogP contribution is -2.56. The standard InChI is InChI=1S/C20H30N2O2/c1-15(2)12-22-18-10-11-21(13-16(18)8-9-20(22)23)14-17-6-4-5-7-19(17)24-3/h4-7,15-16,18H,8-14H2,1-3H3/t16-,18+/m1/s1. The first-order valence-corrected chi connectivity index (χ1v) is 9.22. The van der Waals surface area contributed by atoms with Crippen LogP contribution in [0.2, 0.25) is 0 Å². The second-order valence-corrected chi connectivity index (χ2v) is 7.64. The van der Waals surface area contributed by atoms with Gasteiger partial charge in [0.15, 0.2) is 0 Å². The zero-order valence-corrected chi connectivity index (χ0v) is 15.2. The summed E-state index contributed by atoms with van der Waals surface area (Å²) in [5.74, 6) is 2.49. The maximum atomic E-state index is 12.3. The molecule has 1 aromatic rings. The average Bonchev–Trinajstić information content (AvgIpc) is 2.57. The van der Waals surface area contributed by atoms with Gasteiger partial charge in [0.1, 0.15) is 5.75 Å². The molecule has 2 atom stereocenters. The monoisotopic (exact) mass is 330 g/mol. The third kappa shape index (κ3) is 3.75. The molecule has 2 saturated heterocycles. The molecule has 1 aromatic carbocycles. The Morgan fingerprint density at radius 2 is 2.04 bits per heavy atom. The van der Waals surface area contributed by atoms with Crippen LogP contribution in [0.3, 0.4) is 0 Å². The molecule has 2 aliphatic rings. The summed E-state index contributed by atoms with van der Waals surface area (Å²) < 4.78 is 5.49. The van der Waals surface area contributed by atoms with Gasteiger partial charge in [0, 0.05) is 44.2 Å². The molecule has 0 aliphatic carbocycles. The molecule has 2 aliphatic heterocycles. The molecule has 2 heterocycles. The molecule has 0 bridgehead atoms. The Morgan fingerprint density at radius 1 is 1.25 bits per heavy atom. The summed E-state index contributed by atoms with van der Waals surface area (Å²) in [5.41, 5.74) is 1.25. The highest BCUT2D eigenvalue weighted by Crippen LogP contribution is 2.33. The first-order chi connectivity index (χ1) is 11.6. The molecule has 24 heavy (non-hydrogen) atoms. The van der Waals surface area contributed by atoms with Gasteiger partial charge < -0.3 is 9.64 Å². The van der Waals surface area contributed by atoms with Crippen LogP contribution in [-0.2, 0) is 11.3 Å². The zero-order valence-electron chi connectivity index (χ0n) is 15.2. The quantitative estimate of drug-likeness (QED) is 0.831. The van der Waals surface area contributed by atoms with Crippen LogP contribution in [0.4, 0.5) is 0 Å². The van der Waals surface area contributed by atoms with Gasteiger partial charge in [0.25, 0.3) is 0 Å². The average molecular weight is 330 g/mol. The smallest absolute Gasteiger partial charge is 0.222 e. The fourth-order valence-electron chi connectivity index (χ4n) is 4.28. The zero-order chi connectivity index (χ0) is 17.1. The van der Waals surface area contributed by atoms with Crippen LogP contribution in [0.5, 0.6) is 5.75 Å². The summed E-state index contributed by atoms with van der Waals surface area (Å²) >= 11 is 0. The van der Waals surface area contributed by atoms with Crippen molar-refractivity contribution in [2.45, 2.75) is 45.7 Å². The first-order valence-electron chi connectivity index (χ1n) is 9.22. The second-order valence-electron chi connectivity index (χ2n) is 7.64. The van der Waals surface area contributed by atoms with Gasteiger partial charge in [0.2, 0.25) is 5.91 Å². The van der Waals surface area contributed by atoms with Crippen LogP contribution >= 0.6 is 0 Å². The van der Waals surface area contributed by atoms with Crippen molar-refractivity contribution in [3.05, 3.63) is 29.8 Å². The molecule has 0 spiro atoms. The Kier molecular flexibility index (Phi) is 5.44. The van der Waals surface area contributed by atoms with E-state index in [4.69, 9.17) is 4.74 Å². The number of benzene rings is 1. The van der Waals surface area contributed by atoms with Crippen molar-refractivity contribution in [3.63, 3.8) is 0 Å². The van der Waals surface area contributed by atoms with E-state index in [0.29, 0.717) is 23.8 Å². The second kappa shape index (κ2) is 7.56. The van der Waals surface area contributed by atoms with Gasteiger partial charge in [-0.25, -0.2) is 0 Å². The molecule has 0 aromatic heterocycles. The van der Waals surface area contributed by atoms with Gasteiger partial charge in [-0.05, 0) is 30.7 Å². The number of likely N-dealkylation sites (tertiary alicyclic amines) is 2. The molecule has 3 rings (SSSR count). The fraction of sp³-hybridized carbons (Fsp3) is 0.650. The number of para-hydroxylation sites is 1. The van der Waals surface area contributed by atoms with Crippen LogP contribution in [0, 0.1) is 11.8 Å². The summed E-state index contributed by atoms with van der Waals surface area (Å²) in [6.07, 6.45) is 2.86. The Bertz CT molecular complexity index is 573. The van der Waals surface area contributed by atoms with Crippen LogP contribution in [0.25, 0.3) is 0 Å². The number of carbonyl (C=O) groups excluding carboxylic acids is 1. The molecular formula is C20H30N2O2. The van der Waals surface area contributed by atoms with E-state index in [-0.39, 0.29) is 0 Å². The summed E-state index contributed by atoms with van der Waals surface area (Å²) in [4.78, 5) is 17.0. The van der Waals surface area contributed by atoms with Crippen molar-refractivity contribution >= 4 is 5.91 Å². The molecule has 0 radical (unpaired) electrons. The summed E-state index contributed by atoms with van der Waals surface area (Å²) in [5, 5.41) is 0. The third-order valence-corrected chi connectivity index (χ3v) is 5.38. The van der Waals surface area contributed by atoms with Crippen molar-refractivity contribution in [2.24, 2.45) is 11.8 Å². The van der Waals surface area contributed by atoms with Crippen LogP contribution < -0.4 is 4.74 Å². The number of hydrogen-bond donors (Lipinski definition) is 0. The molecule has 0 saturated carbocycles. The number of rotatable bonds is 5. The Hall–Kier alpha value is -1.55. The van der Waals surface area contributed by atoms with Gasteiger partial charge in [-0.2, -0.15) is 0 Å². The lowest BCUT2D eigenvalue weighted by Gasteiger charge is -2.47. The maximum absolute atomic E-state index is 12.3. The van der Waals surface area contributed by atoms with Gasteiger partial charge in [0.05, 0.1) is 7.11 Å². The highest BCUT2D eigenvalue weighted by molar-refractivity contribution is 5.77. The minimum atomic E-state index is 0.364. The van der Waals surface area contributed by atoms with E-state index in [0.717, 1.165) is 51.2 Å². The number of fused-ring (bicyclic) bond motifs is 1. The minimum Gasteiger partial charge on any atom is -0.496 e. The maximum Gasteiger partial charge on any atom is 0.222 e. The van der Waals surface area contributed by atoms with E-state index < -0.39 is 0 Å². The lowest BCUT2D eigenvalue weighted by molar-refractivity contribution is -0.142. The van der Waals surface area contributed by atoms with Crippen molar-refractivity contribution < 1.29 is 9.53 Å². The summed E-state index contributed by atoms with van der Waals surface area (Å²) in [6.45, 7) is 8.39. The molecule has 0 N–H and O–H groups in total. The SMILES string of the molecule is COc1ccccc1CN1CC[C@H]2[C@H](CCC(=O)N2CC(C)C)C1. The van der Waals surface area contributed by atoms with Crippen LogP contribution in [-0.4, -0.2) is 48.5 Å². The molecule has 0 unspecified atom stereocenters. The number of nitrogens with zero attached hydrogens (tertiary/aromatic N) is 2. The van der Waals surface area contributed by atoms with E-state index in [1.54, 1.807) is 7.11 Å². The van der Waals surface area contributed by atoms with E-state index >= 15 is 0 Å². The Balaban J connectivity index is 1.65. The predicted octanol–water partition coefficient (Wildman–Crippen LogP) is 3.16. The topological polar surface area (TPSA) is 32.8 Å². The molecule has 2 fully saturated rings. The van der Waals surface area contributed by atoms with Gasteiger partial charge >= 0.3 is 0 Å². The molecule has 4 nitrogen and oxygen atoms in total. The summed E-state index contributed by atoms with van der Waals surface area (Å²) in [6, 6.07) is 8.73. The van der Waals surface area contributed by atoms with Gasteiger partial charge in [-0.3, -0.25) is 9.69 Å². The van der Waals surface area contributed by atoms with Crippen LogP contribution in [0.15, 0.2) is 24.3 Å². The number of amides is 1. The molecule has 132 valence electrons. The lowest BCUT2D eigenvalue weighted by atomic mass is 9.83. The van der Waals surface area contributed by atoms with Crippen molar-refractivity contribution in [2.75, 3.05) is 26.7 Å². The predicted molar refractivity (Wildman–Crippen MR) is 96.0 cm³/mol. The Morgan fingerprint density at radius 3 is 2.79 bits per heavy atom. The third-order valence-electron chi connectivity index (χ3n) is 5.38. The number of ether oxygens (including phenoxy) is 1. The van der Waals surface area contributed by atoms with Crippen molar-refractivity contribution in [1.29, 1.82) is 0 Å². The molecule has 4 heteroatoms. The number of carbonyl (C=O) groups is 1. The van der Waals surface area contributed by atoms with Gasteiger partial charge in [-0.15, -0.1) is 0 Å².